The van der Waals surface area contributed by atoms with Gasteiger partial charge in [0.15, 0.2) is 5.82 Å². The first-order chi connectivity index (χ1) is 14.7. The summed E-state index contributed by atoms with van der Waals surface area (Å²) >= 11 is 0. The number of nitrogens with zero attached hydrogens (tertiary/aromatic N) is 3. The summed E-state index contributed by atoms with van der Waals surface area (Å²) < 4.78 is 30.6. The highest BCUT2D eigenvalue weighted by atomic mass is 32.2. The second-order valence-electron chi connectivity index (χ2n) is 7.45. The molecule has 3 aromatic rings. The number of rotatable bonds is 8. The van der Waals surface area contributed by atoms with Crippen LogP contribution < -0.4 is 9.62 Å². The zero-order valence-electron chi connectivity index (χ0n) is 18.0. The third-order valence-electron chi connectivity index (χ3n) is 4.81. The predicted octanol–water partition coefficient (Wildman–Crippen LogP) is 3.82. The minimum atomic E-state index is -3.40. The highest BCUT2D eigenvalue weighted by Gasteiger charge is 2.17. The van der Waals surface area contributed by atoms with Crippen LogP contribution in [0.1, 0.15) is 54.3 Å². The number of aromatic nitrogens is 2. The van der Waals surface area contributed by atoms with Gasteiger partial charge in [-0.05, 0) is 42.8 Å². The monoisotopic (exact) mass is 442 g/mol. The van der Waals surface area contributed by atoms with E-state index in [2.05, 4.69) is 15.5 Å². The van der Waals surface area contributed by atoms with E-state index in [9.17, 15) is 13.2 Å². The van der Waals surface area contributed by atoms with E-state index < -0.39 is 10.0 Å². The van der Waals surface area contributed by atoms with Crippen LogP contribution in [0.25, 0.3) is 0 Å². The normalized spacial score (nSPS) is 11.5. The van der Waals surface area contributed by atoms with Crippen LogP contribution in [0.4, 0.5) is 11.4 Å². The molecular formula is C22H26N4O4S. The fourth-order valence-electron chi connectivity index (χ4n) is 2.86. The molecule has 2 aromatic carbocycles. The minimum absolute atomic E-state index is 0.0189. The molecule has 0 atom stereocenters. The maximum atomic E-state index is 12.6. The molecule has 0 spiro atoms. The Morgan fingerprint density at radius 3 is 2.48 bits per heavy atom. The Labute approximate surface area is 182 Å². The second kappa shape index (κ2) is 9.30. The third kappa shape index (κ3) is 5.49. The van der Waals surface area contributed by atoms with E-state index in [0.29, 0.717) is 35.1 Å². The Balaban J connectivity index is 1.67. The highest BCUT2D eigenvalue weighted by molar-refractivity contribution is 7.92. The van der Waals surface area contributed by atoms with Crippen LogP contribution in [-0.4, -0.2) is 37.3 Å². The number of carbonyl (C=O) groups excluding carboxylic acids is 1. The maximum absolute atomic E-state index is 12.6. The molecule has 0 aliphatic carbocycles. The molecule has 31 heavy (non-hydrogen) atoms. The summed E-state index contributed by atoms with van der Waals surface area (Å²) in [6.07, 6.45) is 0.532. The molecule has 1 aromatic heterocycles. The van der Waals surface area contributed by atoms with E-state index in [1.165, 1.54) is 11.4 Å². The smallest absolute Gasteiger partial charge is 0.255 e. The van der Waals surface area contributed by atoms with Crippen molar-refractivity contribution in [3.8, 4) is 0 Å². The molecule has 0 bridgehead atoms. The van der Waals surface area contributed by atoms with Crippen LogP contribution in [0.3, 0.4) is 0 Å². The molecule has 8 nitrogen and oxygen atoms in total. The second-order valence-corrected chi connectivity index (χ2v) is 9.74. The fraction of sp³-hybridized carbons (Fsp3) is 0.318. The molecule has 164 valence electrons. The van der Waals surface area contributed by atoms with Gasteiger partial charge in [-0.1, -0.05) is 37.2 Å². The summed E-state index contributed by atoms with van der Waals surface area (Å²) in [6.45, 7) is 5.56. The molecule has 0 saturated heterocycles. The van der Waals surface area contributed by atoms with E-state index in [-0.39, 0.29) is 17.6 Å². The average Bonchev–Trinajstić information content (AvgIpc) is 3.23. The van der Waals surface area contributed by atoms with Crippen LogP contribution in [-0.2, 0) is 16.4 Å². The number of sulfonamides is 1. The van der Waals surface area contributed by atoms with E-state index in [1.807, 2.05) is 26.0 Å². The number of nitrogens with one attached hydrogen (secondary N) is 1. The Kier molecular flexibility index (Phi) is 6.74. The molecule has 1 amide bonds. The number of carbonyl (C=O) groups is 1. The molecule has 0 unspecified atom stereocenters. The van der Waals surface area contributed by atoms with E-state index >= 15 is 0 Å². The van der Waals surface area contributed by atoms with Gasteiger partial charge in [0.2, 0.25) is 15.9 Å². The summed E-state index contributed by atoms with van der Waals surface area (Å²) in [7, 11) is -1.93. The summed E-state index contributed by atoms with van der Waals surface area (Å²) in [5.74, 6) is 1.06. The molecule has 0 radical (unpaired) electrons. The van der Waals surface area contributed by atoms with Crippen LogP contribution in [0.5, 0.6) is 0 Å². The summed E-state index contributed by atoms with van der Waals surface area (Å²) in [5, 5.41) is 6.82. The molecule has 0 aliphatic heterocycles. The van der Waals surface area contributed by atoms with Gasteiger partial charge in [-0.3, -0.25) is 9.10 Å². The van der Waals surface area contributed by atoms with Gasteiger partial charge in [0.05, 0.1) is 11.4 Å². The van der Waals surface area contributed by atoms with Gasteiger partial charge in [0, 0.05) is 30.6 Å². The van der Waals surface area contributed by atoms with Crippen molar-refractivity contribution in [3.05, 3.63) is 71.4 Å². The van der Waals surface area contributed by atoms with Gasteiger partial charge in [0.25, 0.3) is 5.91 Å². The molecule has 1 heterocycles. The number of hydrogen-bond donors (Lipinski definition) is 1. The molecular weight excluding hydrogens is 416 g/mol. The van der Waals surface area contributed by atoms with Gasteiger partial charge in [-0.2, -0.15) is 4.98 Å². The lowest BCUT2D eigenvalue weighted by atomic mass is 10.1. The predicted molar refractivity (Wildman–Crippen MR) is 120 cm³/mol. The standard InChI is InChI=1S/C22H26N4O4S/c1-5-31(28,29)26(4)19-8-6-7-17(14-19)21(27)23-18-11-9-16(10-12-18)13-20-24-22(15(2)3)30-25-20/h6-12,14-15H,5,13H2,1-4H3,(H,23,27). The average molecular weight is 443 g/mol. The van der Waals surface area contributed by atoms with Crippen LogP contribution >= 0.6 is 0 Å². The third-order valence-corrected chi connectivity index (χ3v) is 6.58. The van der Waals surface area contributed by atoms with E-state index in [1.54, 1.807) is 43.3 Å². The van der Waals surface area contributed by atoms with Gasteiger partial charge in [-0.15, -0.1) is 0 Å². The summed E-state index contributed by atoms with van der Waals surface area (Å²) in [5.41, 5.74) is 2.42. The first-order valence-corrected chi connectivity index (χ1v) is 11.6. The van der Waals surface area contributed by atoms with Crippen molar-refractivity contribution < 1.29 is 17.7 Å². The zero-order chi connectivity index (χ0) is 22.6. The van der Waals surface area contributed by atoms with Crippen molar-refractivity contribution in [2.75, 3.05) is 22.4 Å². The van der Waals surface area contributed by atoms with Crippen LogP contribution in [0, 0.1) is 0 Å². The van der Waals surface area contributed by atoms with Gasteiger partial charge in [-0.25, -0.2) is 8.42 Å². The lowest BCUT2D eigenvalue weighted by Crippen LogP contribution is -2.28. The maximum Gasteiger partial charge on any atom is 0.255 e. The van der Waals surface area contributed by atoms with Crippen LogP contribution in [0.2, 0.25) is 0 Å². The Morgan fingerprint density at radius 2 is 1.87 bits per heavy atom. The molecule has 9 heteroatoms. The van der Waals surface area contributed by atoms with Crippen molar-refractivity contribution in [1.82, 2.24) is 10.1 Å². The number of anilines is 2. The lowest BCUT2D eigenvalue weighted by molar-refractivity contribution is 0.102. The highest BCUT2D eigenvalue weighted by Crippen LogP contribution is 2.20. The Hall–Kier alpha value is -3.20. The molecule has 1 N–H and O–H groups in total. The van der Waals surface area contributed by atoms with Crippen molar-refractivity contribution in [2.45, 2.75) is 33.1 Å². The van der Waals surface area contributed by atoms with Gasteiger partial charge >= 0.3 is 0 Å². The largest absolute Gasteiger partial charge is 0.339 e. The topological polar surface area (TPSA) is 105 Å². The van der Waals surface area contributed by atoms with Gasteiger partial charge in [0.1, 0.15) is 0 Å². The van der Waals surface area contributed by atoms with Crippen molar-refractivity contribution >= 4 is 27.3 Å². The number of hydrogen-bond acceptors (Lipinski definition) is 6. The molecule has 0 aliphatic rings. The van der Waals surface area contributed by atoms with Crippen molar-refractivity contribution in [2.24, 2.45) is 0 Å². The first kappa shape index (κ1) is 22.5. The van der Waals surface area contributed by atoms with E-state index in [0.717, 1.165) is 5.56 Å². The fourth-order valence-corrected chi connectivity index (χ4v) is 3.68. The zero-order valence-corrected chi connectivity index (χ0v) is 18.8. The SMILES string of the molecule is CCS(=O)(=O)N(C)c1cccc(C(=O)Nc2ccc(Cc3noc(C(C)C)n3)cc2)c1. The summed E-state index contributed by atoms with van der Waals surface area (Å²) in [6, 6.07) is 13.9. The van der Waals surface area contributed by atoms with Crippen LogP contribution in [0.15, 0.2) is 53.1 Å². The van der Waals surface area contributed by atoms with Crippen molar-refractivity contribution in [1.29, 1.82) is 0 Å². The number of amides is 1. The quantitative estimate of drug-likeness (QED) is 0.568. The Morgan fingerprint density at radius 1 is 1.16 bits per heavy atom. The molecule has 0 saturated carbocycles. The first-order valence-electron chi connectivity index (χ1n) is 9.99. The minimum Gasteiger partial charge on any atom is -0.339 e. The molecule has 0 fully saturated rings. The summed E-state index contributed by atoms with van der Waals surface area (Å²) in [4.78, 5) is 17.0. The van der Waals surface area contributed by atoms with Gasteiger partial charge < -0.3 is 9.84 Å². The van der Waals surface area contributed by atoms with E-state index in [4.69, 9.17) is 4.52 Å². The van der Waals surface area contributed by atoms with Crippen molar-refractivity contribution in [3.63, 3.8) is 0 Å². The Bertz CT molecular complexity index is 1150. The lowest BCUT2D eigenvalue weighted by Gasteiger charge is -2.19. The molecule has 3 rings (SSSR count). The number of benzene rings is 2.